The summed E-state index contributed by atoms with van der Waals surface area (Å²) in [5, 5.41) is 54.3. The minimum atomic E-state index is -1.58. The van der Waals surface area contributed by atoms with E-state index < -0.39 is 49.5 Å². The minimum absolute atomic E-state index is 0.0115. The number of aliphatic hydroxyl groups excluding tert-OH is 5. The molecule has 0 aromatic heterocycles. The molecule has 0 spiro atoms. The van der Waals surface area contributed by atoms with E-state index in [4.69, 9.17) is 14.2 Å². The molecule has 7 atom stereocenters. The lowest BCUT2D eigenvalue weighted by atomic mass is 9.99. The summed E-state index contributed by atoms with van der Waals surface area (Å²) in [5.74, 6) is -0.185. The molecule has 90 heavy (non-hydrogen) atoms. The van der Waals surface area contributed by atoms with Crippen molar-refractivity contribution in [2.45, 2.75) is 410 Å². The number of esters is 1. The van der Waals surface area contributed by atoms with E-state index in [2.05, 4.69) is 67.8 Å². The molecule has 0 aliphatic carbocycles. The van der Waals surface area contributed by atoms with E-state index in [-0.39, 0.29) is 18.5 Å². The summed E-state index contributed by atoms with van der Waals surface area (Å²) in [6, 6.07) is -0.833. The maximum atomic E-state index is 13.0. The van der Waals surface area contributed by atoms with Crippen molar-refractivity contribution < 1.29 is 49.3 Å². The van der Waals surface area contributed by atoms with Crippen molar-refractivity contribution in [1.29, 1.82) is 0 Å². The van der Waals surface area contributed by atoms with Crippen LogP contribution in [0.4, 0.5) is 0 Å². The van der Waals surface area contributed by atoms with E-state index in [1.54, 1.807) is 6.08 Å². The lowest BCUT2D eigenvalue weighted by Gasteiger charge is -2.40. The first-order chi connectivity index (χ1) is 44.2. The molecule has 0 saturated carbocycles. The van der Waals surface area contributed by atoms with E-state index in [1.165, 1.54) is 270 Å². The predicted molar refractivity (Wildman–Crippen MR) is 380 cm³/mol. The summed E-state index contributed by atoms with van der Waals surface area (Å²) in [6.07, 6.45) is 81.2. The number of carbonyl (C=O) groups is 2. The monoisotopic (exact) mass is 1270 g/mol. The highest BCUT2D eigenvalue weighted by Gasteiger charge is 2.44. The molecule has 11 heteroatoms. The minimum Gasteiger partial charge on any atom is -0.466 e. The fraction of sp³-hybridized carbons (Fsp3) is 0.848. The summed E-state index contributed by atoms with van der Waals surface area (Å²) < 4.78 is 16.7. The largest absolute Gasteiger partial charge is 0.466 e. The van der Waals surface area contributed by atoms with Gasteiger partial charge in [-0.2, -0.15) is 0 Å². The van der Waals surface area contributed by atoms with Gasteiger partial charge in [0.05, 0.1) is 32.0 Å². The van der Waals surface area contributed by atoms with Crippen molar-refractivity contribution in [1.82, 2.24) is 5.32 Å². The van der Waals surface area contributed by atoms with Crippen LogP contribution in [0.25, 0.3) is 0 Å². The fourth-order valence-electron chi connectivity index (χ4n) is 12.1. The maximum absolute atomic E-state index is 13.0. The van der Waals surface area contributed by atoms with Crippen LogP contribution in [0, 0.1) is 0 Å². The molecular formula is C79H145NO10. The van der Waals surface area contributed by atoms with Crippen LogP contribution in [-0.4, -0.2) is 100 Å². The Morgan fingerprint density at radius 1 is 0.422 bits per heavy atom. The number of allylic oxidation sites excluding steroid dienone is 9. The Kier molecular flexibility index (Phi) is 64.3. The average Bonchev–Trinajstić information content (AvgIpc) is 2.62. The molecule has 1 heterocycles. The Balaban J connectivity index is 1.89. The number of hydrogen-bond donors (Lipinski definition) is 6. The van der Waals surface area contributed by atoms with Crippen LogP contribution in [0.2, 0.25) is 0 Å². The fourth-order valence-corrected chi connectivity index (χ4v) is 12.1. The Hall–Kier alpha value is -2.64. The molecular weight excluding hydrogens is 1120 g/mol. The molecule has 1 aliphatic rings. The van der Waals surface area contributed by atoms with Gasteiger partial charge in [-0.3, -0.25) is 9.59 Å². The van der Waals surface area contributed by atoms with Crippen LogP contribution in [0.5, 0.6) is 0 Å². The van der Waals surface area contributed by atoms with Gasteiger partial charge in [0.25, 0.3) is 0 Å². The lowest BCUT2D eigenvalue weighted by Crippen LogP contribution is -2.60. The van der Waals surface area contributed by atoms with Crippen LogP contribution >= 0.6 is 0 Å². The second kappa shape index (κ2) is 67.8. The van der Waals surface area contributed by atoms with Crippen LogP contribution in [0.3, 0.4) is 0 Å². The molecule has 1 aliphatic heterocycles. The van der Waals surface area contributed by atoms with E-state index in [1.807, 2.05) is 6.08 Å². The third-order valence-corrected chi connectivity index (χ3v) is 18.1. The van der Waals surface area contributed by atoms with E-state index in [0.29, 0.717) is 19.4 Å². The second-order valence-corrected chi connectivity index (χ2v) is 26.7. The van der Waals surface area contributed by atoms with Gasteiger partial charge in [-0.1, -0.05) is 331 Å². The molecule has 6 N–H and O–H groups in total. The molecule has 526 valence electrons. The summed E-state index contributed by atoms with van der Waals surface area (Å²) in [7, 11) is 0. The summed E-state index contributed by atoms with van der Waals surface area (Å²) >= 11 is 0. The first-order valence-electron chi connectivity index (χ1n) is 38.6. The topological polar surface area (TPSA) is 175 Å². The van der Waals surface area contributed by atoms with Gasteiger partial charge in [0.1, 0.15) is 24.4 Å². The average molecular weight is 1270 g/mol. The molecule has 7 unspecified atom stereocenters. The van der Waals surface area contributed by atoms with Crippen molar-refractivity contribution in [3.05, 3.63) is 60.8 Å². The number of amides is 1. The SMILES string of the molecule is CC/C=C/CC/C=C/CC/C=C/C(O)C(COC1OC(CO)C(O)C(O)C1O)NC(=O)CCCCCCCCCCCCCCCCCCC/C=C\C/C=C\CCCCCCCCCCCOC(=O)CCCCCCCCCCCCCCCCCCCCC. The lowest BCUT2D eigenvalue weighted by molar-refractivity contribution is -0.302. The van der Waals surface area contributed by atoms with Gasteiger partial charge in [-0.15, -0.1) is 0 Å². The third-order valence-electron chi connectivity index (χ3n) is 18.1. The molecule has 11 nitrogen and oxygen atoms in total. The van der Waals surface area contributed by atoms with Gasteiger partial charge < -0.3 is 45.1 Å². The van der Waals surface area contributed by atoms with Crippen LogP contribution < -0.4 is 5.32 Å². The number of aliphatic hydroxyl groups is 5. The van der Waals surface area contributed by atoms with Gasteiger partial charge in [-0.25, -0.2) is 0 Å². The summed E-state index contributed by atoms with van der Waals surface area (Å²) in [4.78, 5) is 25.2. The Bertz CT molecular complexity index is 1680. The smallest absolute Gasteiger partial charge is 0.305 e. The molecule has 1 saturated heterocycles. The predicted octanol–water partition coefficient (Wildman–Crippen LogP) is 20.5. The number of hydrogen-bond acceptors (Lipinski definition) is 10. The van der Waals surface area contributed by atoms with E-state index in [9.17, 15) is 35.1 Å². The van der Waals surface area contributed by atoms with Gasteiger partial charge >= 0.3 is 5.97 Å². The van der Waals surface area contributed by atoms with Crippen molar-refractivity contribution in [2.24, 2.45) is 0 Å². The molecule has 0 aromatic rings. The van der Waals surface area contributed by atoms with Gasteiger partial charge in [-0.05, 0) is 83.5 Å². The first kappa shape index (κ1) is 85.4. The summed E-state index contributed by atoms with van der Waals surface area (Å²) in [5.41, 5.74) is 0. The highest BCUT2D eigenvalue weighted by molar-refractivity contribution is 5.76. The molecule has 0 bridgehead atoms. The van der Waals surface area contributed by atoms with Crippen molar-refractivity contribution in [2.75, 3.05) is 19.8 Å². The third kappa shape index (κ3) is 55.8. The molecule has 1 amide bonds. The van der Waals surface area contributed by atoms with E-state index in [0.717, 1.165) is 70.6 Å². The summed E-state index contributed by atoms with van der Waals surface area (Å²) in [6.45, 7) is 4.24. The van der Waals surface area contributed by atoms with Gasteiger partial charge in [0, 0.05) is 12.8 Å². The zero-order valence-electron chi connectivity index (χ0n) is 58.6. The van der Waals surface area contributed by atoms with Crippen LogP contribution in [-0.2, 0) is 23.8 Å². The zero-order valence-corrected chi connectivity index (χ0v) is 58.6. The number of nitrogens with one attached hydrogen (secondary N) is 1. The quantitative estimate of drug-likeness (QED) is 0.0195. The van der Waals surface area contributed by atoms with Crippen molar-refractivity contribution >= 4 is 11.9 Å². The normalized spacial score (nSPS) is 18.0. The molecule has 0 radical (unpaired) electrons. The van der Waals surface area contributed by atoms with Gasteiger partial charge in [0.15, 0.2) is 6.29 Å². The number of rotatable bonds is 68. The second-order valence-electron chi connectivity index (χ2n) is 26.7. The zero-order chi connectivity index (χ0) is 65.1. The number of ether oxygens (including phenoxy) is 3. The van der Waals surface area contributed by atoms with Gasteiger partial charge in [0.2, 0.25) is 5.91 Å². The molecule has 0 aromatic carbocycles. The van der Waals surface area contributed by atoms with Crippen LogP contribution in [0.1, 0.15) is 367 Å². The number of unbranched alkanes of at least 4 members (excludes halogenated alkanes) is 46. The standard InChI is InChI=1S/C79H145NO10/c1-3-5-7-9-11-13-15-16-17-18-34-38-41-44-47-51-55-59-63-67-75(84)88-68-64-60-56-52-48-45-42-39-36-33-31-29-27-25-23-21-19-20-22-24-26-28-30-32-35-37-40-43-46-50-54-58-62-66-74(83)80-71(70-89-79-78(87)77(86)76(85)73(69-81)90-79)72(82)65-61-57-53-49-14-12-10-8-6-4-2/h6,8,14,23,25,29,31,49,61,65,71-73,76-79,81-82,85-87H,3-5,7,9-13,15-22,24,26-28,30,32-48,50-60,62-64,66-70H2,1-2H3,(H,80,83)/b8-6+,25-23-,31-29-,49-14+,65-61+. The van der Waals surface area contributed by atoms with Crippen molar-refractivity contribution in [3.63, 3.8) is 0 Å². The molecule has 1 fully saturated rings. The van der Waals surface area contributed by atoms with E-state index >= 15 is 0 Å². The maximum Gasteiger partial charge on any atom is 0.305 e. The molecule has 1 rings (SSSR count). The van der Waals surface area contributed by atoms with Crippen molar-refractivity contribution in [3.8, 4) is 0 Å². The Labute approximate surface area is 554 Å². The highest BCUT2D eigenvalue weighted by Crippen LogP contribution is 2.24. The first-order valence-corrected chi connectivity index (χ1v) is 38.6. The van der Waals surface area contributed by atoms with Crippen LogP contribution in [0.15, 0.2) is 60.8 Å². The highest BCUT2D eigenvalue weighted by atomic mass is 16.7. The Morgan fingerprint density at radius 3 is 1.21 bits per heavy atom. The Morgan fingerprint density at radius 2 is 0.789 bits per heavy atom. The number of carbonyl (C=O) groups excluding carboxylic acids is 2.